The van der Waals surface area contributed by atoms with Gasteiger partial charge in [-0.1, -0.05) is 32.6 Å². The molecule has 1 nitrogen and oxygen atoms in total. The number of rotatable bonds is 5. The van der Waals surface area contributed by atoms with Crippen LogP contribution in [-0.2, 0) is 4.79 Å². The van der Waals surface area contributed by atoms with Gasteiger partial charge in [-0.05, 0) is 18.8 Å². The van der Waals surface area contributed by atoms with Gasteiger partial charge in [0.05, 0.1) is 0 Å². The van der Waals surface area contributed by atoms with E-state index in [1.807, 2.05) is 6.92 Å². The molecule has 0 aromatic carbocycles. The van der Waals surface area contributed by atoms with E-state index in [2.05, 4.69) is 18.8 Å². The van der Waals surface area contributed by atoms with Crippen LogP contribution in [0.2, 0.25) is 0 Å². The van der Waals surface area contributed by atoms with Crippen LogP contribution < -0.4 is 0 Å². The lowest BCUT2D eigenvalue weighted by atomic mass is 10.2. The Balaban J connectivity index is 3.38. The van der Waals surface area contributed by atoms with Gasteiger partial charge in [-0.3, -0.25) is 4.79 Å². The summed E-state index contributed by atoms with van der Waals surface area (Å²) in [6.07, 6.45) is 5.96. The van der Waals surface area contributed by atoms with Crippen molar-refractivity contribution in [1.29, 1.82) is 0 Å². The Morgan fingerprint density at radius 1 is 1.17 bits per heavy atom. The summed E-state index contributed by atoms with van der Waals surface area (Å²) >= 11 is 0. The molecule has 0 atom stereocenters. The van der Waals surface area contributed by atoms with E-state index in [-0.39, 0.29) is 5.78 Å². The lowest BCUT2D eigenvalue weighted by Crippen LogP contribution is -1.90. The van der Waals surface area contributed by atoms with Crippen molar-refractivity contribution >= 4 is 5.78 Å². The summed E-state index contributed by atoms with van der Waals surface area (Å²) in [5.74, 6) is 5.65. The third-order valence-corrected chi connectivity index (χ3v) is 1.61. The number of ketones is 1. The summed E-state index contributed by atoms with van der Waals surface area (Å²) in [5.41, 5.74) is 0. The molecule has 68 valence electrons. The Hall–Kier alpha value is -0.770. The van der Waals surface area contributed by atoms with Crippen LogP contribution in [-0.4, -0.2) is 5.78 Å². The van der Waals surface area contributed by atoms with Gasteiger partial charge in [-0.15, -0.1) is 0 Å². The SMILES string of the molecule is CCCCCC#CC(=O)CCC. The van der Waals surface area contributed by atoms with Gasteiger partial charge in [0.15, 0.2) is 0 Å². The van der Waals surface area contributed by atoms with E-state index in [0.29, 0.717) is 6.42 Å². The lowest BCUT2D eigenvalue weighted by Gasteiger charge is -1.88. The van der Waals surface area contributed by atoms with Gasteiger partial charge in [0, 0.05) is 12.8 Å². The van der Waals surface area contributed by atoms with E-state index in [4.69, 9.17) is 0 Å². The van der Waals surface area contributed by atoms with Crippen molar-refractivity contribution in [3.05, 3.63) is 0 Å². The number of carbonyl (C=O) groups is 1. The molecule has 1 heteroatoms. The van der Waals surface area contributed by atoms with Gasteiger partial charge in [-0.2, -0.15) is 0 Å². The molecular formula is C11H18O. The molecule has 0 aromatic rings. The fourth-order valence-corrected chi connectivity index (χ4v) is 0.914. The average molecular weight is 166 g/mol. The minimum absolute atomic E-state index is 0.0917. The van der Waals surface area contributed by atoms with E-state index >= 15 is 0 Å². The van der Waals surface area contributed by atoms with Gasteiger partial charge in [0.2, 0.25) is 5.78 Å². The van der Waals surface area contributed by atoms with Crippen LogP contribution in [0.3, 0.4) is 0 Å². The van der Waals surface area contributed by atoms with Crippen molar-refractivity contribution in [2.24, 2.45) is 0 Å². The number of unbranched alkanes of at least 4 members (excludes halogenated alkanes) is 3. The number of carbonyl (C=O) groups excluding carboxylic acids is 1. The Morgan fingerprint density at radius 3 is 2.50 bits per heavy atom. The van der Waals surface area contributed by atoms with E-state index in [1.54, 1.807) is 0 Å². The fraction of sp³-hybridized carbons (Fsp3) is 0.727. The Morgan fingerprint density at radius 2 is 1.92 bits per heavy atom. The Kier molecular flexibility index (Phi) is 7.79. The van der Waals surface area contributed by atoms with Crippen molar-refractivity contribution in [3.63, 3.8) is 0 Å². The maximum absolute atomic E-state index is 10.9. The highest BCUT2D eigenvalue weighted by Crippen LogP contribution is 1.96. The van der Waals surface area contributed by atoms with Crippen molar-refractivity contribution in [2.45, 2.75) is 52.4 Å². The molecule has 0 aliphatic carbocycles. The van der Waals surface area contributed by atoms with Gasteiger partial charge >= 0.3 is 0 Å². The molecule has 0 N–H and O–H groups in total. The highest BCUT2D eigenvalue weighted by molar-refractivity contribution is 5.95. The van der Waals surface area contributed by atoms with Gasteiger partial charge in [0.1, 0.15) is 0 Å². The molecule has 0 spiro atoms. The molecule has 0 radical (unpaired) electrons. The minimum Gasteiger partial charge on any atom is -0.285 e. The van der Waals surface area contributed by atoms with E-state index in [1.165, 1.54) is 12.8 Å². The van der Waals surface area contributed by atoms with E-state index in [0.717, 1.165) is 19.3 Å². The maximum atomic E-state index is 10.9. The van der Waals surface area contributed by atoms with Crippen LogP contribution in [0, 0.1) is 11.8 Å². The number of Topliss-reactive ketones (excluding diaryl/α,β-unsaturated/α-hetero) is 1. The first kappa shape index (κ1) is 11.2. The fourth-order valence-electron chi connectivity index (χ4n) is 0.914. The molecule has 0 aromatic heterocycles. The molecule has 0 bridgehead atoms. The van der Waals surface area contributed by atoms with Crippen molar-refractivity contribution in [1.82, 2.24) is 0 Å². The average Bonchev–Trinajstić information content (AvgIpc) is 2.05. The van der Waals surface area contributed by atoms with Gasteiger partial charge in [0.25, 0.3) is 0 Å². The lowest BCUT2D eigenvalue weighted by molar-refractivity contribution is -0.113. The summed E-state index contributed by atoms with van der Waals surface area (Å²) in [7, 11) is 0. The molecule has 0 saturated carbocycles. The highest BCUT2D eigenvalue weighted by atomic mass is 16.1. The second-order valence-corrected chi connectivity index (χ2v) is 2.93. The first-order chi connectivity index (χ1) is 5.81. The zero-order valence-electron chi connectivity index (χ0n) is 8.15. The molecule has 0 aliphatic heterocycles. The van der Waals surface area contributed by atoms with Crippen LogP contribution >= 0.6 is 0 Å². The predicted molar refractivity (Wildman–Crippen MR) is 51.8 cm³/mol. The highest BCUT2D eigenvalue weighted by Gasteiger charge is 1.91. The summed E-state index contributed by atoms with van der Waals surface area (Å²) in [6.45, 7) is 4.16. The largest absolute Gasteiger partial charge is 0.285 e. The molecule has 0 unspecified atom stereocenters. The van der Waals surface area contributed by atoms with E-state index < -0.39 is 0 Å². The standard InChI is InChI=1S/C11H18O/c1-3-5-6-7-8-10-11(12)9-4-2/h3-7,9H2,1-2H3. The molecule has 0 heterocycles. The number of hydrogen-bond donors (Lipinski definition) is 0. The van der Waals surface area contributed by atoms with Crippen LogP contribution in [0.1, 0.15) is 52.4 Å². The minimum atomic E-state index is 0.0917. The molecule has 0 rings (SSSR count). The van der Waals surface area contributed by atoms with Gasteiger partial charge < -0.3 is 0 Å². The predicted octanol–water partition coefficient (Wildman–Crippen LogP) is 2.94. The third-order valence-electron chi connectivity index (χ3n) is 1.61. The Bertz CT molecular complexity index is 171. The van der Waals surface area contributed by atoms with Crippen molar-refractivity contribution < 1.29 is 4.79 Å². The zero-order valence-corrected chi connectivity index (χ0v) is 8.15. The van der Waals surface area contributed by atoms with Gasteiger partial charge in [-0.25, -0.2) is 0 Å². The monoisotopic (exact) mass is 166 g/mol. The Labute approximate surface area is 75.5 Å². The quantitative estimate of drug-likeness (QED) is 0.348. The van der Waals surface area contributed by atoms with Crippen molar-refractivity contribution in [3.8, 4) is 11.8 Å². The van der Waals surface area contributed by atoms with Crippen LogP contribution in [0.4, 0.5) is 0 Å². The normalized spacial score (nSPS) is 8.83. The molecular weight excluding hydrogens is 148 g/mol. The topological polar surface area (TPSA) is 17.1 Å². The van der Waals surface area contributed by atoms with Crippen LogP contribution in [0.25, 0.3) is 0 Å². The number of hydrogen-bond acceptors (Lipinski definition) is 1. The first-order valence-corrected chi connectivity index (χ1v) is 4.83. The summed E-state index contributed by atoms with van der Waals surface area (Å²) in [6, 6.07) is 0. The second kappa shape index (κ2) is 8.33. The summed E-state index contributed by atoms with van der Waals surface area (Å²) in [4.78, 5) is 10.9. The van der Waals surface area contributed by atoms with Crippen LogP contribution in [0.5, 0.6) is 0 Å². The third kappa shape index (κ3) is 7.34. The molecule has 0 aliphatic rings. The summed E-state index contributed by atoms with van der Waals surface area (Å²) in [5, 5.41) is 0. The van der Waals surface area contributed by atoms with Crippen molar-refractivity contribution in [2.75, 3.05) is 0 Å². The first-order valence-electron chi connectivity index (χ1n) is 4.83. The smallest absolute Gasteiger partial charge is 0.205 e. The molecule has 0 saturated heterocycles. The maximum Gasteiger partial charge on any atom is 0.205 e. The summed E-state index contributed by atoms with van der Waals surface area (Å²) < 4.78 is 0. The molecule has 0 fully saturated rings. The molecule has 12 heavy (non-hydrogen) atoms. The zero-order chi connectivity index (χ0) is 9.23. The van der Waals surface area contributed by atoms with E-state index in [9.17, 15) is 4.79 Å². The molecule has 0 amide bonds. The second-order valence-electron chi connectivity index (χ2n) is 2.93. The van der Waals surface area contributed by atoms with Crippen LogP contribution in [0.15, 0.2) is 0 Å².